The predicted octanol–water partition coefficient (Wildman–Crippen LogP) is 1.65. The van der Waals surface area contributed by atoms with Crippen LogP contribution >= 0.6 is 11.6 Å². The summed E-state index contributed by atoms with van der Waals surface area (Å²) < 4.78 is 13.1. The molecule has 0 bridgehead atoms. The number of amides is 3. The van der Waals surface area contributed by atoms with Crippen molar-refractivity contribution in [3.05, 3.63) is 22.8 Å². The van der Waals surface area contributed by atoms with Crippen molar-refractivity contribution in [1.29, 1.82) is 0 Å². The number of hydrogen-bond donors (Lipinski definition) is 1. The number of carbonyl (C=O) groups excluding carboxylic acids is 2. The minimum atomic E-state index is -1.06. The van der Waals surface area contributed by atoms with Crippen LogP contribution in [0.5, 0.6) is 0 Å². The smallest absolute Gasteiger partial charge is 0.320 e. The van der Waals surface area contributed by atoms with Crippen LogP contribution in [0.3, 0.4) is 0 Å². The molecule has 0 spiro atoms. The predicted molar refractivity (Wildman–Crippen MR) is 78.7 cm³/mol. The van der Waals surface area contributed by atoms with Gasteiger partial charge >= 0.3 is 6.03 Å². The van der Waals surface area contributed by atoms with Gasteiger partial charge in [0.15, 0.2) is 0 Å². The van der Waals surface area contributed by atoms with E-state index >= 15 is 0 Å². The third-order valence-electron chi connectivity index (χ3n) is 3.72. The number of allylic oxidation sites excluding steroid dienone is 2. The summed E-state index contributed by atoms with van der Waals surface area (Å²) in [5.74, 6) is -0.220. The van der Waals surface area contributed by atoms with E-state index in [4.69, 9.17) is 11.6 Å². The Labute approximate surface area is 128 Å². The van der Waals surface area contributed by atoms with Crippen LogP contribution < -0.4 is 5.32 Å². The standard InChI is InChI=1S/C14H19ClFN3O2/c1-3-19-12(8-18(2)14(19)21)13(20)17-7-9-4-5-10(16)6-11(9)15/h4-5,10,12H,3,6-8H2,1-2H3,(H,17,20). The first-order valence-electron chi connectivity index (χ1n) is 6.93. The second-order valence-electron chi connectivity index (χ2n) is 5.19. The van der Waals surface area contributed by atoms with Gasteiger partial charge in [-0.05, 0) is 18.6 Å². The van der Waals surface area contributed by atoms with Crippen LogP contribution in [0.1, 0.15) is 13.3 Å². The van der Waals surface area contributed by atoms with E-state index < -0.39 is 12.2 Å². The summed E-state index contributed by atoms with van der Waals surface area (Å²) in [6.45, 7) is 2.93. The van der Waals surface area contributed by atoms with Gasteiger partial charge < -0.3 is 15.1 Å². The van der Waals surface area contributed by atoms with E-state index in [2.05, 4.69) is 5.32 Å². The molecule has 1 saturated heterocycles. The Hall–Kier alpha value is -1.56. The Morgan fingerprint density at radius 1 is 1.57 bits per heavy atom. The largest absolute Gasteiger partial charge is 0.350 e. The zero-order chi connectivity index (χ0) is 15.6. The van der Waals surface area contributed by atoms with Crippen LogP contribution in [0.25, 0.3) is 0 Å². The molecule has 2 atom stereocenters. The third kappa shape index (κ3) is 3.37. The minimum absolute atomic E-state index is 0.146. The molecular formula is C14H19ClFN3O2. The van der Waals surface area contributed by atoms with Crippen LogP contribution in [-0.4, -0.2) is 60.6 Å². The summed E-state index contributed by atoms with van der Waals surface area (Å²) in [5.41, 5.74) is 0.708. The lowest BCUT2D eigenvalue weighted by Crippen LogP contribution is -2.46. The van der Waals surface area contributed by atoms with E-state index in [0.717, 1.165) is 0 Å². The van der Waals surface area contributed by atoms with E-state index in [1.165, 1.54) is 15.9 Å². The maximum absolute atomic E-state index is 13.1. The summed E-state index contributed by atoms with van der Waals surface area (Å²) in [7, 11) is 1.67. The van der Waals surface area contributed by atoms with Crippen molar-refractivity contribution in [3.63, 3.8) is 0 Å². The summed E-state index contributed by atoms with van der Waals surface area (Å²) in [5, 5.41) is 3.20. The maximum Gasteiger partial charge on any atom is 0.320 e. The molecule has 116 valence electrons. The molecule has 1 aliphatic heterocycles. The molecule has 1 fully saturated rings. The van der Waals surface area contributed by atoms with Gasteiger partial charge in [-0.25, -0.2) is 9.18 Å². The fraction of sp³-hybridized carbons (Fsp3) is 0.571. The van der Waals surface area contributed by atoms with Gasteiger partial charge in [-0.15, -0.1) is 0 Å². The highest BCUT2D eigenvalue weighted by Crippen LogP contribution is 2.24. The summed E-state index contributed by atoms with van der Waals surface area (Å²) in [6, 6.07) is -0.638. The second-order valence-corrected chi connectivity index (χ2v) is 5.65. The normalized spacial score (nSPS) is 25.8. The Kier molecular flexibility index (Phi) is 4.88. The number of nitrogens with zero attached hydrogens (tertiary/aromatic N) is 2. The molecule has 0 aromatic rings. The van der Waals surface area contributed by atoms with E-state index in [-0.39, 0.29) is 24.9 Å². The van der Waals surface area contributed by atoms with Crippen molar-refractivity contribution in [2.24, 2.45) is 0 Å². The topological polar surface area (TPSA) is 52.7 Å². The Bertz CT molecular complexity index is 506. The number of urea groups is 1. The second kappa shape index (κ2) is 6.47. The molecule has 21 heavy (non-hydrogen) atoms. The fourth-order valence-electron chi connectivity index (χ4n) is 2.51. The molecule has 0 saturated carbocycles. The zero-order valence-electron chi connectivity index (χ0n) is 12.1. The average molecular weight is 316 g/mol. The van der Waals surface area contributed by atoms with Gasteiger partial charge in [-0.1, -0.05) is 17.7 Å². The molecule has 1 heterocycles. The Balaban J connectivity index is 1.95. The van der Waals surface area contributed by atoms with Crippen molar-refractivity contribution in [1.82, 2.24) is 15.1 Å². The number of nitrogens with one attached hydrogen (secondary N) is 1. The quantitative estimate of drug-likeness (QED) is 0.857. The maximum atomic E-state index is 13.1. The summed E-state index contributed by atoms with van der Waals surface area (Å²) in [6.07, 6.45) is 2.11. The SMILES string of the molecule is CCN1C(=O)N(C)CC1C(=O)NCC1=C(Cl)CC(F)C=C1. The first-order valence-corrected chi connectivity index (χ1v) is 7.31. The van der Waals surface area contributed by atoms with Crippen molar-refractivity contribution in [2.45, 2.75) is 25.6 Å². The average Bonchev–Trinajstić information content (AvgIpc) is 2.73. The number of alkyl halides is 1. The van der Waals surface area contributed by atoms with Gasteiger partial charge in [0.05, 0.1) is 6.54 Å². The third-order valence-corrected chi connectivity index (χ3v) is 4.12. The van der Waals surface area contributed by atoms with Gasteiger partial charge in [0.1, 0.15) is 12.2 Å². The van der Waals surface area contributed by atoms with Crippen molar-refractivity contribution < 1.29 is 14.0 Å². The highest BCUT2D eigenvalue weighted by Gasteiger charge is 2.38. The molecular weight excluding hydrogens is 297 g/mol. The molecule has 0 aromatic carbocycles. The minimum Gasteiger partial charge on any atom is -0.350 e. The molecule has 3 amide bonds. The summed E-state index contributed by atoms with van der Waals surface area (Å²) >= 11 is 5.99. The number of carbonyl (C=O) groups is 2. The van der Waals surface area contributed by atoms with Gasteiger partial charge in [-0.3, -0.25) is 4.79 Å². The first kappa shape index (κ1) is 15.8. The molecule has 0 radical (unpaired) electrons. The molecule has 2 aliphatic rings. The van der Waals surface area contributed by atoms with Crippen LogP contribution in [0, 0.1) is 0 Å². The zero-order valence-corrected chi connectivity index (χ0v) is 12.9. The van der Waals surface area contributed by atoms with Crippen molar-refractivity contribution in [3.8, 4) is 0 Å². The molecule has 7 heteroatoms. The molecule has 1 aliphatic carbocycles. The molecule has 5 nitrogen and oxygen atoms in total. The number of hydrogen-bond acceptors (Lipinski definition) is 2. The van der Waals surface area contributed by atoms with Crippen LogP contribution in [0.15, 0.2) is 22.8 Å². The number of likely N-dealkylation sites (N-methyl/N-ethyl adjacent to an activating group) is 2. The highest BCUT2D eigenvalue weighted by atomic mass is 35.5. The van der Waals surface area contributed by atoms with Crippen molar-refractivity contribution in [2.75, 3.05) is 26.7 Å². The van der Waals surface area contributed by atoms with E-state index in [0.29, 0.717) is 23.7 Å². The number of halogens is 2. The monoisotopic (exact) mass is 315 g/mol. The molecule has 1 N–H and O–H groups in total. The Morgan fingerprint density at radius 2 is 2.29 bits per heavy atom. The number of rotatable bonds is 4. The highest BCUT2D eigenvalue weighted by molar-refractivity contribution is 6.30. The van der Waals surface area contributed by atoms with Gasteiger partial charge in [-0.2, -0.15) is 0 Å². The van der Waals surface area contributed by atoms with E-state index in [1.807, 2.05) is 6.92 Å². The van der Waals surface area contributed by atoms with Gasteiger partial charge in [0.25, 0.3) is 0 Å². The lowest BCUT2D eigenvalue weighted by atomic mass is 10.1. The van der Waals surface area contributed by atoms with Gasteiger partial charge in [0, 0.05) is 31.6 Å². The van der Waals surface area contributed by atoms with E-state index in [1.54, 1.807) is 13.1 Å². The molecule has 2 unspecified atom stereocenters. The lowest BCUT2D eigenvalue weighted by molar-refractivity contribution is -0.124. The molecule has 0 aromatic heterocycles. The first-order chi connectivity index (χ1) is 9.93. The Morgan fingerprint density at radius 3 is 2.90 bits per heavy atom. The lowest BCUT2D eigenvalue weighted by Gasteiger charge is -2.21. The van der Waals surface area contributed by atoms with Crippen LogP contribution in [0.2, 0.25) is 0 Å². The fourth-order valence-corrected chi connectivity index (χ4v) is 2.78. The van der Waals surface area contributed by atoms with Crippen LogP contribution in [0.4, 0.5) is 9.18 Å². The van der Waals surface area contributed by atoms with E-state index in [9.17, 15) is 14.0 Å². The van der Waals surface area contributed by atoms with Crippen molar-refractivity contribution >= 4 is 23.5 Å². The summed E-state index contributed by atoms with van der Waals surface area (Å²) in [4.78, 5) is 27.1. The molecule has 2 rings (SSSR count). The van der Waals surface area contributed by atoms with Gasteiger partial charge in [0.2, 0.25) is 5.91 Å². The van der Waals surface area contributed by atoms with Crippen LogP contribution in [-0.2, 0) is 4.79 Å².